The zero-order valence-corrected chi connectivity index (χ0v) is 8.80. The molecule has 1 aromatic rings. The van der Waals surface area contributed by atoms with Gasteiger partial charge in [0.05, 0.1) is 5.56 Å². The third kappa shape index (κ3) is 3.19. The second kappa shape index (κ2) is 4.18. The third-order valence-corrected chi connectivity index (χ3v) is 2.45. The monoisotopic (exact) mass is 283 g/mol. The van der Waals surface area contributed by atoms with E-state index in [4.69, 9.17) is 0 Å². The quantitative estimate of drug-likeness (QED) is 0.618. The standard InChI is InChI=1S/C8H5BrF3NO2/c9-7-2-1-6(8(10,11)12)3-5(7)4-13(14)15/h1-3H,4H2. The zero-order chi connectivity index (χ0) is 11.6. The molecule has 0 bridgehead atoms. The molecule has 0 aliphatic heterocycles. The average Bonchev–Trinajstić information content (AvgIpc) is 2.06. The SMILES string of the molecule is O=[N+]([O-])Cc1cc(C(F)(F)F)ccc1Br. The fraction of sp³-hybridized carbons (Fsp3) is 0.250. The first-order valence-electron chi connectivity index (χ1n) is 3.78. The summed E-state index contributed by atoms with van der Waals surface area (Å²) in [6.07, 6.45) is -4.48. The molecular formula is C8H5BrF3NO2. The van der Waals surface area contributed by atoms with Gasteiger partial charge in [0.15, 0.2) is 0 Å². The van der Waals surface area contributed by atoms with Crippen LogP contribution in [-0.2, 0) is 12.7 Å². The Kier molecular flexibility index (Phi) is 3.33. The van der Waals surface area contributed by atoms with Crippen LogP contribution in [0.5, 0.6) is 0 Å². The van der Waals surface area contributed by atoms with E-state index in [1.165, 1.54) is 0 Å². The Hall–Kier alpha value is -1.11. The Morgan fingerprint density at radius 3 is 2.47 bits per heavy atom. The van der Waals surface area contributed by atoms with Crippen LogP contribution < -0.4 is 0 Å². The summed E-state index contributed by atoms with van der Waals surface area (Å²) in [6.45, 7) is -0.634. The lowest BCUT2D eigenvalue weighted by Crippen LogP contribution is -2.07. The van der Waals surface area contributed by atoms with E-state index >= 15 is 0 Å². The van der Waals surface area contributed by atoms with Gasteiger partial charge < -0.3 is 0 Å². The van der Waals surface area contributed by atoms with Gasteiger partial charge in [0.2, 0.25) is 6.54 Å². The van der Waals surface area contributed by atoms with Gasteiger partial charge in [-0.05, 0) is 18.2 Å². The van der Waals surface area contributed by atoms with Gasteiger partial charge in [-0.3, -0.25) is 10.1 Å². The molecule has 7 heteroatoms. The molecular weight excluding hydrogens is 279 g/mol. The molecule has 0 radical (unpaired) electrons. The summed E-state index contributed by atoms with van der Waals surface area (Å²) < 4.78 is 37.1. The summed E-state index contributed by atoms with van der Waals surface area (Å²) in [4.78, 5) is 9.51. The molecule has 1 rings (SSSR count). The van der Waals surface area contributed by atoms with Gasteiger partial charge >= 0.3 is 6.18 Å². The number of halogens is 4. The van der Waals surface area contributed by atoms with Crippen molar-refractivity contribution in [1.82, 2.24) is 0 Å². The van der Waals surface area contributed by atoms with E-state index in [2.05, 4.69) is 15.9 Å². The van der Waals surface area contributed by atoms with E-state index in [1.807, 2.05) is 0 Å². The topological polar surface area (TPSA) is 43.1 Å². The van der Waals surface area contributed by atoms with Crippen molar-refractivity contribution in [1.29, 1.82) is 0 Å². The van der Waals surface area contributed by atoms with E-state index in [9.17, 15) is 23.3 Å². The number of alkyl halides is 3. The predicted octanol–water partition coefficient (Wildman–Crippen LogP) is 3.24. The van der Waals surface area contributed by atoms with Gasteiger partial charge in [0.25, 0.3) is 0 Å². The lowest BCUT2D eigenvalue weighted by atomic mass is 10.1. The number of nitro groups is 1. The van der Waals surface area contributed by atoms with Gasteiger partial charge in [-0.15, -0.1) is 0 Å². The Morgan fingerprint density at radius 2 is 2.00 bits per heavy atom. The molecule has 0 heterocycles. The molecule has 0 aliphatic carbocycles. The highest BCUT2D eigenvalue weighted by atomic mass is 79.9. The first-order valence-corrected chi connectivity index (χ1v) is 4.57. The van der Waals surface area contributed by atoms with E-state index in [1.54, 1.807) is 0 Å². The summed E-state index contributed by atoms with van der Waals surface area (Å²) in [6, 6.07) is 2.79. The number of nitrogens with zero attached hydrogens (tertiary/aromatic N) is 1. The Bertz CT molecular complexity index is 392. The number of hydrogen-bond donors (Lipinski definition) is 0. The second-order valence-corrected chi connectivity index (χ2v) is 3.65. The largest absolute Gasteiger partial charge is 0.416 e. The average molecular weight is 284 g/mol. The van der Waals surface area contributed by atoms with Crippen molar-refractivity contribution in [2.24, 2.45) is 0 Å². The molecule has 0 aliphatic rings. The molecule has 0 saturated carbocycles. The molecule has 3 nitrogen and oxygen atoms in total. The second-order valence-electron chi connectivity index (χ2n) is 2.79. The van der Waals surface area contributed by atoms with Crippen molar-refractivity contribution in [3.63, 3.8) is 0 Å². The van der Waals surface area contributed by atoms with E-state index in [-0.39, 0.29) is 5.56 Å². The Labute approximate surface area is 91.2 Å². The lowest BCUT2D eigenvalue weighted by molar-refractivity contribution is -0.497. The summed E-state index contributed by atoms with van der Waals surface area (Å²) in [5, 5.41) is 10.2. The van der Waals surface area contributed by atoms with E-state index in [0.717, 1.165) is 18.2 Å². The number of rotatable bonds is 2. The van der Waals surface area contributed by atoms with Gasteiger partial charge in [-0.2, -0.15) is 13.2 Å². The summed E-state index contributed by atoms with van der Waals surface area (Å²) in [5.74, 6) is 0. The molecule has 0 fully saturated rings. The predicted molar refractivity (Wildman–Crippen MR) is 49.8 cm³/mol. The van der Waals surface area contributed by atoms with Crippen molar-refractivity contribution in [2.45, 2.75) is 12.7 Å². The molecule has 82 valence electrons. The highest BCUT2D eigenvalue weighted by molar-refractivity contribution is 9.10. The van der Waals surface area contributed by atoms with Crippen LogP contribution in [0.25, 0.3) is 0 Å². The first kappa shape index (κ1) is 12.0. The minimum Gasteiger partial charge on any atom is -0.264 e. The summed E-state index contributed by atoms with van der Waals surface area (Å²) in [5.41, 5.74) is -0.877. The van der Waals surface area contributed by atoms with Crippen molar-refractivity contribution in [2.75, 3.05) is 0 Å². The Balaban J connectivity index is 3.11. The highest BCUT2D eigenvalue weighted by Crippen LogP contribution is 2.31. The lowest BCUT2D eigenvalue weighted by Gasteiger charge is -2.08. The molecule has 15 heavy (non-hydrogen) atoms. The Morgan fingerprint density at radius 1 is 1.40 bits per heavy atom. The molecule has 0 saturated heterocycles. The van der Waals surface area contributed by atoms with Crippen LogP contribution in [0.15, 0.2) is 22.7 Å². The molecule has 0 unspecified atom stereocenters. The van der Waals surface area contributed by atoms with Crippen LogP contribution in [0, 0.1) is 10.1 Å². The van der Waals surface area contributed by atoms with Crippen LogP contribution in [0.2, 0.25) is 0 Å². The minimum atomic E-state index is -4.48. The maximum atomic E-state index is 12.3. The van der Waals surface area contributed by atoms with Crippen LogP contribution >= 0.6 is 15.9 Å². The van der Waals surface area contributed by atoms with Crippen molar-refractivity contribution in [3.8, 4) is 0 Å². The van der Waals surface area contributed by atoms with Crippen LogP contribution in [0.4, 0.5) is 13.2 Å². The van der Waals surface area contributed by atoms with Crippen LogP contribution in [-0.4, -0.2) is 4.92 Å². The smallest absolute Gasteiger partial charge is 0.264 e. The van der Waals surface area contributed by atoms with Gasteiger partial charge in [-0.25, -0.2) is 0 Å². The van der Waals surface area contributed by atoms with Crippen LogP contribution in [0.3, 0.4) is 0 Å². The highest BCUT2D eigenvalue weighted by Gasteiger charge is 2.31. The van der Waals surface area contributed by atoms with Crippen molar-refractivity contribution in [3.05, 3.63) is 43.9 Å². The van der Waals surface area contributed by atoms with Crippen molar-refractivity contribution < 1.29 is 18.1 Å². The van der Waals surface area contributed by atoms with Crippen LogP contribution in [0.1, 0.15) is 11.1 Å². The van der Waals surface area contributed by atoms with Gasteiger partial charge in [-0.1, -0.05) is 15.9 Å². The normalized spacial score (nSPS) is 11.5. The van der Waals surface area contributed by atoms with Gasteiger partial charge in [0.1, 0.15) is 0 Å². The number of benzene rings is 1. The molecule has 0 amide bonds. The van der Waals surface area contributed by atoms with E-state index in [0.29, 0.717) is 4.47 Å². The van der Waals surface area contributed by atoms with Crippen molar-refractivity contribution >= 4 is 15.9 Å². The number of hydrogen-bond acceptors (Lipinski definition) is 2. The fourth-order valence-electron chi connectivity index (χ4n) is 1.01. The molecule has 0 atom stereocenters. The van der Waals surface area contributed by atoms with E-state index < -0.39 is 23.2 Å². The molecule has 0 spiro atoms. The minimum absolute atomic E-state index is 0.00910. The maximum absolute atomic E-state index is 12.3. The fourth-order valence-corrected chi connectivity index (χ4v) is 1.38. The first-order chi connectivity index (χ1) is 6.80. The molecule has 1 aromatic carbocycles. The zero-order valence-electron chi connectivity index (χ0n) is 7.21. The summed E-state index contributed by atoms with van der Waals surface area (Å²) in [7, 11) is 0. The van der Waals surface area contributed by atoms with Gasteiger partial charge in [0, 0.05) is 15.0 Å². The third-order valence-electron chi connectivity index (χ3n) is 1.67. The molecule has 0 N–H and O–H groups in total. The maximum Gasteiger partial charge on any atom is 0.416 e. The summed E-state index contributed by atoms with van der Waals surface area (Å²) >= 11 is 2.95. The molecule has 0 aromatic heterocycles.